The number of hydrogen-bond acceptors (Lipinski definition) is 2. The van der Waals surface area contributed by atoms with Gasteiger partial charge in [-0.15, -0.1) is 0 Å². The van der Waals surface area contributed by atoms with Gasteiger partial charge in [-0.05, 0) is 129 Å². The van der Waals surface area contributed by atoms with E-state index in [-0.39, 0.29) is 0 Å². The van der Waals surface area contributed by atoms with Gasteiger partial charge in [0, 0.05) is 32.9 Å². The summed E-state index contributed by atoms with van der Waals surface area (Å²) in [5, 5.41) is 10.2. The highest BCUT2D eigenvalue weighted by Gasteiger charge is 2.26. The average Bonchev–Trinajstić information content (AvgIpc) is 3.60. The first-order valence-corrected chi connectivity index (χ1v) is 18.5. The van der Waals surface area contributed by atoms with E-state index in [0.29, 0.717) is 0 Å². The van der Waals surface area contributed by atoms with Crippen molar-refractivity contribution in [1.29, 1.82) is 0 Å². The van der Waals surface area contributed by atoms with Crippen LogP contribution in [0, 0.1) is 0 Å². The number of fused-ring (bicyclic) bond motifs is 14. The van der Waals surface area contributed by atoms with Gasteiger partial charge in [0.05, 0.1) is 5.69 Å². The van der Waals surface area contributed by atoms with Crippen LogP contribution in [0.3, 0.4) is 0 Å². The second-order valence-electron chi connectivity index (χ2n) is 14.2. The predicted molar refractivity (Wildman–Crippen MR) is 221 cm³/mol. The van der Waals surface area contributed by atoms with Crippen molar-refractivity contribution in [3.63, 3.8) is 0 Å². The summed E-state index contributed by atoms with van der Waals surface area (Å²) in [5.41, 5.74) is 13.6. The van der Waals surface area contributed by atoms with Crippen LogP contribution in [-0.2, 0) is 12.8 Å². The van der Waals surface area contributed by atoms with E-state index in [0.717, 1.165) is 53.6 Å². The molecule has 246 valence electrons. The van der Waals surface area contributed by atoms with Gasteiger partial charge in [0.25, 0.3) is 0 Å². The molecule has 11 rings (SSSR count). The highest BCUT2D eigenvalue weighted by atomic mass is 16.3. The van der Waals surface area contributed by atoms with Crippen molar-refractivity contribution < 1.29 is 4.42 Å². The Morgan fingerprint density at radius 3 is 1.83 bits per heavy atom. The lowest BCUT2D eigenvalue weighted by atomic mass is 9.77. The monoisotopic (exact) mass is 665 g/mol. The van der Waals surface area contributed by atoms with E-state index in [2.05, 4.69) is 169 Å². The minimum atomic E-state index is 0.924. The van der Waals surface area contributed by atoms with Crippen molar-refractivity contribution in [2.24, 2.45) is 0 Å². The second-order valence-corrected chi connectivity index (χ2v) is 14.2. The van der Waals surface area contributed by atoms with Gasteiger partial charge in [0.1, 0.15) is 11.2 Å². The van der Waals surface area contributed by atoms with E-state index in [1.807, 2.05) is 0 Å². The summed E-state index contributed by atoms with van der Waals surface area (Å²) in [4.78, 5) is 2.45. The normalized spacial score (nSPS) is 13.7. The summed E-state index contributed by atoms with van der Waals surface area (Å²) in [6.07, 6.45) is 14.0. The minimum absolute atomic E-state index is 0.924. The Labute approximate surface area is 302 Å². The van der Waals surface area contributed by atoms with Gasteiger partial charge < -0.3 is 9.32 Å². The third kappa shape index (κ3) is 4.31. The van der Waals surface area contributed by atoms with Crippen molar-refractivity contribution in [3.8, 4) is 11.1 Å². The van der Waals surface area contributed by atoms with Crippen LogP contribution in [-0.4, -0.2) is 0 Å². The summed E-state index contributed by atoms with van der Waals surface area (Å²) in [6.45, 7) is 0. The van der Waals surface area contributed by atoms with Gasteiger partial charge in [0.15, 0.2) is 0 Å². The number of anilines is 3. The first-order chi connectivity index (χ1) is 25.8. The van der Waals surface area contributed by atoms with Gasteiger partial charge in [-0.2, -0.15) is 0 Å². The first-order valence-electron chi connectivity index (χ1n) is 18.5. The molecule has 2 aliphatic carbocycles. The molecule has 0 atom stereocenters. The largest absolute Gasteiger partial charge is 0.456 e. The van der Waals surface area contributed by atoms with Gasteiger partial charge in [-0.3, -0.25) is 0 Å². The van der Waals surface area contributed by atoms with Crippen LogP contribution in [0.2, 0.25) is 0 Å². The Kier molecular flexibility index (Phi) is 6.54. The maximum Gasteiger partial charge on any atom is 0.136 e. The third-order valence-electron chi connectivity index (χ3n) is 11.3. The van der Waals surface area contributed by atoms with Crippen LogP contribution >= 0.6 is 0 Å². The van der Waals surface area contributed by atoms with Gasteiger partial charge in [0.2, 0.25) is 0 Å². The lowest BCUT2D eigenvalue weighted by Gasteiger charge is -2.30. The van der Waals surface area contributed by atoms with Crippen LogP contribution in [0.25, 0.3) is 77.5 Å². The van der Waals surface area contributed by atoms with Crippen LogP contribution in [0.1, 0.15) is 35.1 Å². The fraction of sp³-hybridized carbons (Fsp3) is 0.0800. The molecule has 0 aliphatic heterocycles. The highest BCUT2D eigenvalue weighted by molar-refractivity contribution is 6.32. The topological polar surface area (TPSA) is 16.4 Å². The molecular formula is C50H35NO. The van der Waals surface area contributed by atoms with Crippen LogP contribution in [0.5, 0.6) is 0 Å². The van der Waals surface area contributed by atoms with Crippen molar-refractivity contribution in [1.82, 2.24) is 0 Å². The molecule has 0 N–H and O–H groups in total. The Morgan fingerprint density at radius 1 is 0.442 bits per heavy atom. The van der Waals surface area contributed by atoms with Gasteiger partial charge in [-0.1, -0.05) is 115 Å². The molecule has 8 aromatic carbocycles. The van der Waals surface area contributed by atoms with Gasteiger partial charge >= 0.3 is 0 Å². The number of para-hydroxylation sites is 3. The summed E-state index contributed by atoms with van der Waals surface area (Å²) in [5.74, 6) is 0. The molecule has 0 bridgehead atoms. The smallest absolute Gasteiger partial charge is 0.136 e. The van der Waals surface area contributed by atoms with E-state index >= 15 is 0 Å². The first kappa shape index (κ1) is 29.4. The average molecular weight is 666 g/mol. The fourth-order valence-electron chi connectivity index (χ4n) is 9.20. The Bertz CT molecular complexity index is 2910. The maximum atomic E-state index is 6.35. The third-order valence-corrected chi connectivity index (χ3v) is 11.3. The molecule has 1 aromatic heterocycles. The minimum Gasteiger partial charge on any atom is -0.456 e. The van der Waals surface area contributed by atoms with Crippen molar-refractivity contribution in [2.45, 2.75) is 25.7 Å². The van der Waals surface area contributed by atoms with Crippen molar-refractivity contribution in [2.75, 3.05) is 4.90 Å². The van der Waals surface area contributed by atoms with Crippen molar-refractivity contribution in [3.05, 3.63) is 174 Å². The maximum absolute atomic E-state index is 6.35. The highest BCUT2D eigenvalue weighted by Crippen LogP contribution is 2.50. The molecule has 0 amide bonds. The van der Waals surface area contributed by atoms with E-state index in [1.54, 1.807) is 0 Å². The molecule has 0 saturated heterocycles. The molecule has 0 saturated carbocycles. The standard InChI is InChI=1S/C50H35NO/c1-3-15-33(16-4-1)51(34-17-5-2-6-18-34)44-26-13-25-40-38-30-29-32(35-24-14-28-46-47(35)42-23-11-12-27-45(42)52-46)31-43(38)48-39-21-9-7-19-36(39)37-20-8-10-22-41(37)50(48)49(40)44/h1-6,9-18,21-31H,7-8,19-20H2. The molecule has 2 nitrogen and oxygen atoms in total. The molecular weight excluding hydrogens is 631 g/mol. The lowest BCUT2D eigenvalue weighted by molar-refractivity contribution is 0.669. The molecule has 0 unspecified atom stereocenters. The molecule has 9 aromatic rings. The molecule has 52 heavy (non-hydrogen) atoms. The van der Waals surface area contributed by atoms with E-state index < -0.39 is 0 Å². The number of benzene rings is 8. The number of furan rings is 1. The predicted octanol–water partition coefficient (Wildman–Crippen LogP) is 14.1. The van der Waals surface area contributed by atoms with E-state index in [1.165, 1.54) is 76.8 Å². The van der Waals surface area contributed by atoms with Crippen LogP contribution in [0.15, 0.2) is 156 Å². The number of allylic oxidation sites excluding steroid dienone is 2. The van der Waals surface area contributed by atoms with Crippen molar-refractivity contribution >= 4 is 83.5 Å². The zero-order valence-corrected chi connectivity index (χ0v) is 28.8. The summed E-state index contributed by atoms with van der Waals surface area (Å²) >= 11 is 0. The van der Waals surface area contributed by atoms with E-state index in [9.17, 15) is 0 Å². The number of hydrogen-bond donors (Lipinski definition) is 0. The fourth-order valence-corrected chi connectivity index (χ4v) is 9.20. The molecule has 0 radical (unpaired) electrons. The number of rotatable bonds is 4. The lowest BCUT2D eigenvalue weighted by Crippen LogP contribution is -2.12. The van der Waals surface area contributed by atoms with Crippen LogP contribution in [0.4, 0.5) is 17.1 Å². The molecule has 1 heterocycles. The molecule has 0 fully saturated rings. The zero-order valence-electron chi connectivity index (χ0n) is 28.8. The molecule has 2 heteroatoms. The molecule has 0 spiro atoms. The second kappa shape index (κ2) is 11.6. The molecule has 2 aliphatic rings. The Morgan fingerprint density at radius 2 is 1.08 bits per heavy atom. The summed E-state index contributed by atoms with van der Waals surface area (Å²) < 4.78 is 6.35. The zero-order chi connectivity index (χ0) is 34.2. The Balaban J connectivity index is 1.32. The number of nitrogens with zero attached hydrogens (tertiary/aromatic N) is 1. The van der Waals surface area contributed by atoms with E-state index in [4.69, 9.17) is 4.42 Å². The van der Waals surface area contributed by atoms with Gasteiger partial charge in [-0.25, -0.2) is 0 Å². The Hall–Kier alpha value is -6.38. The summed E-state index contributed by atoms with van der Waals surface area (Å²) in [7, 11) is 0. The van der Waals surface area contributed by atoms with Crippen LogP contribution < -0.4 is 4.90 Å². The SMILES string of the molecule is C1=Cc2c(c3c(c4c5c(N(c6ccccc6)c6ccccc6)cccc5c5ccc(-c6cccc7oc8ccccc8c67)cc5c24)C=CCC3)CC1. The summed E-state index contributed by atoms with van der Waals surface area (Å²) in [6, 6.07) is 50.6. The quantitative estimate of drug-likeness (QED) is 0.174.